The van der Waals surface area contributed by atoms with Crippen LogP contribution in [0, 0.1) is 5.82 Å². The fraction of sp³-hybridized carbons (Fsp3) is 0.167. The van der Waals surface area contributed by atoms with Crippen LogP contribution in [0.15, 0.2) is 30.5 Å². The van der Waals surface area contributed by atoms with Crippen LogP contribution in [0.25, 0.3) is 0 Å². The summed E-state index contributed by atoms with van der Waals surface area (Å²) in [7, 11) is 0. The molecule has 1 aromatic carbocycles. The van der Waals surface area contributed by atoms with E-state index in [1.54, 1.807) is 18.3 Å². The Bertz CT molecular complexity index is 527. The quantitative estimate of drug-likeness (QED) is 0.890. The molecule has 0 aliphatic rings. The van der Waals surface area contributed by atoms with Crippen molar-refractivity contribution >= 4 is 29.1 Å². The molecule has 0 saturated heterocycles. The molecule has 0 aliphatic heterocycles. The molecule has 2 N–H and O–H groups in total. The van der Waals surface area contributed by atoms with Gasteiger partial charge in [0.15, 0.2) is 0 Å². The number of nitrogens with one attached hydrogen (secondary N) is 2. The van der Waals surface area contributed by atoms with E-state index in [4.69, 9.17) is 11.6 Å². The summed E-state index contributed by atoms with van der Waals surface area (Å²) in [6, 6.07) is 5.91. The molecule has 1 heterocycles. The van der Waals surface area contributed by atoms with Crippen molar-refractivity contribution in [3.05, 3.63) is 41.3 Å². The van der Waals surface area contributed by atoms with Gasteiger partial charge in [0, 0.05) is 23.5 Å². The van der Waals surface area contributed by atoms with Gasteiger partial charge in [0.2, 0.25) is 5.95 Å². The van der Waals surface area contributed by atoms with Gasteiger partial charge in [-0.15, -0.1) is 0 Å². The zero-order valence-corrected chi connectivity index (χ0v) is 10.5. The molecule has 0 spiro atoms. The molecule has 6 heteroatoms. The van der Waals surface area contributed by atoms with Gasteiger partial charge in [-0.25, -0.2) is 9.37 Å². The van der Waals surface area contributed by atoms with Gasteiger partial charge in [-0.05, 0) is 31.2 Å². The van der Waals surface area contributed by atoms with Crippen molar-refractivity contribution in [2.75, 3.05) is 17.2 Å². The normalized spacial score (nSPS) is 10.2. The number of aromatic nitrogens is 2. The summed E-state index contributed by atoms with van der Waals surface area (Å²) in [4.78, 5) is 8.26. The van der Waals surface area contributed by atoms with Crippen molar-refractivity contribution in [3.8, 4) is 0 Å². The van der Waals surface area contributed by atoms with Crippen LogP contribution in [0.3, 0.4) is 0 Å². The Labute approximate surface area is 109 Å². The predicted octanol–water partition coefficient (Wildman–Crippen LogP) is 3.44. The maximum atomic E-state index is 13.2. The Balaban J connectivity index is 2.20. The minimum absolute atomic E-state index is 0.332. The maximum absolute atomic E-state index is 13.2. The van der Waals surface area contributed by atoms with Gasteiger partial charge in [-0.3, -0.25) is 0 Å². The van der Waals surface area contributed by atoms with Crippen molar-refractivity contribution in [1.82, 2.24) is 9.97 Å². The van der Waals surface area contributed by atoms with Crippen molar-refractivity contribution in [2.45, 2.75) is 6.92 Å². The standard InChI is InChI=1S/C12H12ClFN4/c1-2-15-12-16-4-3-11(18-12)17-10-6-8(13)5-9(14)7-10/h3-7H,2H2,1H3,(H2,15,16,17,18). The second-order valence-corrected chi connectivity index (χ2v) is 4.02. The molecule has 0 bridgehead atoms. The van der Waals surface area contributed by atoms with Gasteiger partial charge in [0.05, 0.1) is 0 Å². The number of rotatable bonds is 4. The molecule has 2 rings (SSSR count). The van der Waals surface area contributed by atoms with E-state index < -0.39 is 5.82 Å². The highest BCUT2D eigenvalue weighted by Crippen LogP contribution is 2.21. The second-order valence-electron chi connectivity index (χ2n) is 3.58. The average Bonchev–Trinajstić information content (AvgIpc) is 2.28. The van der Waals surface area contributed by atoms with Crippen LogP contribution in [0.1, 0.15) is 6.92 Å². The lowest BCUT2D eigenvalue weighted by molar-refractivity contribution is 0.628. The number of benzene rings is 1. The molecule has 18 heavy (non-hydrogen) atoms. The molecule has 0 atom stereocenters. The van der Waals surface area contributed by atoms with E-state index in [0.29, 0.717) is 22.5 Å². The smallest absolute Gasteiger partial charge is 0.224 e. The van der Waals surface area contributed by atoms with Gasteiger partial charge in [0.1, 0.15) is 11.6 Å². The minimum atomic E-state index is -0.397. The second kappa shape index (κ2) is 5.64. The Morgan fingerprint density at radius 2 is 2.17 bits per heavy atom. The van der Waals surface area contributed by atoms with Crippen LogP contribution in [-0.4, -0.2) is 16.5 Å². The minimum Gasteiger partial charge on any atom is -0.354 e. The molecule has 2 aromatic rings. The van der Waals surface area contributed by atoms with Crippen LogP contribution in [0.2, 0.25) is 5.02 Å². The molecule has 0 saturated carbocycles. The molecule has 4 nitrogen and oxygen atoms in total. The summed E-state index contributed by atoms with van der Waals surface area (Å²) in [5.74, 6) is 0.693. The zero-order chi connectivity index (χ0) is 13.0. The third-order valence-corrected chi connectivity index (χ3v) is 2.34. The number of hydrogen-bond donors (Lipinski definition) is 2. The molecular formula is C12H12ClFN4. The first-order chi connectivity index (χ1) is 8.67. The van der Waals surface area contributed by atoms with E-state index in [1.807, 2.05) is 6.92 Å². The van der Waals surface area contributed by atoms with Gasteiger partial charge in [-0.2, -0.15) is 4.98 Å². The predicted molar refractivity (Wildman–Crippen MR) is 70.9 cm³/mol. The van der Waals surface area contributed by atoms with Crippen LogP contribution in [0.4, 0.5) is 21.8 Å². The van der Waals surface area contributed by atoms with E-state index in [2.05, 4.69) is 20.6 Å². The highest BCUT2D eigenvalue weighted by molar-refractivity contribution is 6.30. The molecule has 1 aromatic heterocycles. The molecule has 0 radical (unpaired) electrons. The summed E-state index contributed by atoms with van der Waals surface area (Å²) in [5.41, 5.74) is 0.543. The summed E-state index contributed by atoms with van der Waals surface area (Å²) >= 11 is 5.77. The van der Waals surface area contributed by atoms with Crippen molar-refractivity contribution in [3.63, 3.8) is 0 Å². The van der Waals surface area contributed by atoms with Crippen molar-refractivity contribution in [2.24, 2.45) is 0 Å². The zero-order valence-electron chi connectivity index (χ0n) is 9.74. The Kier molecular flexibility index (Phi) is 3.94. The molecule has 0 fully saturated rings. The monoisotopic (exact) mass is 266 g/mol. The Hall–Kier alpha value is -1.88. The fourth-order valence-corrected chi connectivity index (χ4v) is 1.67. The van der Waals surface area contributed by atoms with Crippen LogP contribution >= 0.6 is 11.6 Å². The van der Waals surface area contributed by atoms with Gasteiger partial charge >= 0.3 is 0 Å². The van der Waals surface area contributed by atoms with E-state index in [1.165, 1.54) is 12.1 Å². The lowest BCUT2D eigenvalue weighted by Crippen LogP contribution is -2.03. The Morgan fingerprint density at radius 3 is 2.89 bits per heavy atom. The first-order valence-corrected chi connectivity index (χ1v) is 5.85. The average molecular weight is 267 g/mol. The summed E-state index contributed by atoms with van der Waals surface area (Å²) < 4.78 is 13.2. The van der Waals surface area contributed by atoms with Crippen molar-refractivity contribution < 1.29 is 4.39 Å². The van der Waals surface area contributed by atoms with E-state index >= 15 is 0 Å². The SMILES string of the molecule is CCNc1nccc(Nc2cc(F)cc(Cl)c2)n1. The molecule has 94 valence electrons. The molecule has 0 amide bonds. The highest BCUT2D eigenvalue weighted by atomic mass is 35.5. The number of nitrogens with zero attached hydrogens (tertiary/aromatic N) is 2. The van der Waals surface area contributed by atoms with Gasteiger partial charge < -0.3 is 10.6 Å². The summed E-state index contributed by atoms with van der Waals surface area (Å²) in [6.45, 7) is 2.69. The highest BCUT2D eigenvalue weighted by Gasteiger charge is 2.02. The van der Waals surface area contributed by atoms with Gasteiger partial charge in [-0.1, -0.05) is 11.6 Å². The fourth-order valence-electron chi connectivity index (χ4n) is 1.45. The molecule has 0 aliphatic carbocycles. The van der Waals surface area contributed by atoms with Crippen LogP contribution in [-0.2, 0) is 0 Å². The van der Waals surface area contributed by atoms with Crippen LogP contribution < -0.4 is 10.6 Å². The van der Waals surface area contributed by atoms with E-state index in [9.17, 15) is 4.39 Å². The topological polar surface area (TPSA) is 49.8 Å². The summed E-state index contributed by atoms with van der Waals surface area (Å²) in [6.07, 6.45) is 1.62. The third-order valence-electron chi connectivity index (χ3n) is 2.13. The summed E-state index contributed by atoms with van der Waals surface area (Å²) in [5, 5.41) is 6.29. The lowest BCUT2D eigenvalue weighted by Gasteiger charge is -2.07. The van der Waals surface area contributed by atoms with Crippen LogP contribution in [0.5, 0.6) is 0 Å². The lowest BCUT2D eigenvalue weighted by atomic mass is 10.3. The maximum Gasteiger partial charge on any atom is 0.224 e. The number of halogens is 2. The number of anilines is 3. The first-order valence-electron chi connectivity index (χ1n) is 5.47. The first kappa shape index (κ1) is 12.6. The Morgan fingerprint density at radius 1 is 1.33 bits per heavy atom. The largest absolute Gasteiger partial charge is 0.354 e. The van der Waals surface area contributed by atoms with Crippen molar-refractivity contribution in [1.29, 1.82) is 0 Å². The number of hydrogen-bond acceptors (Lipinski definition) is 4. The van der Waals surface area contributed by atoms with E-state index in [0.717, 1.165) is 6.54 Å². The van der Waals surface area contributed by atoms with E-state index in [-0.39, 0.29) is 0 Å². The molecule has 0 unspecified atom stereocenters. The molecular weight excluding hydrogens is 255 g/mol. The third kappa shape index (κ3) is 3.30. The van der Waals surface area contributed by atoms with Gasteiger partial charge in [0.25, 0.3) is 0 Å².